The molecule has 8 heteroatoms. The van der Waals surface area contributed by atoms with E-state index in [0.717, 1.165) is 0 Å². The summed E-state index contributed by atoms with van der Waals surface area (Å²) in [6, 6.07) is 1.43. The highest BCUT2D eigenvalue weighted by Crippen LogP contribution is 2.14. The number of aromatic nitrogens is 1. The normalized spacial score (nSPS) is 10.1. The van der Waals surface area contributed by atoms with Crippen LogP contribution in [0.1, 0.15) is 10.4 Å². The number of nitrogens with zero attached hydrogens (tertiary/aromatic N) is 1. The quantitative estimate of drug-likeness (QED) is 0.478. The molecule has 0 aliphatic rings. The van der Waals surface area contributed by atoms with E-state index >= 15 is 0 Å². The van der Waals surface area contributed by atoms with Crippen molar-refractivity contribution in [3.05, 3.63) is 23.0 Å². The number of ether oxygens (including phenoxy) is 1. The van der Waals surface area contributed by atoms with Gasteiger partial charge in [0, 0.05) is 6.54 Å². The number of nitrogen functional groups attached to an aromatic ring is 1. The number of rotatable bonds is 6. The van der Waals surface area contributed by atoms with E-state index in [1.54, 1.807) is 0 Å². The van der Waals surface area contributed by atoms with E-state index in [0.29, 0.717) is 5.69 Å². The third-order valence-electron chi connectivity index (χ3n) is 1.88. The van der Waals surface area contributed by atoms with Gasteiger partial charge in [0.25, 0.3) is 5.91 Å². The molecule has 1 heterocycles. The van der Waals surface area contributed by atoms with E-state index in [1.807, 2.05) is 0 Å². The van der Waals surface area contributed by atoms with Crippen molar-refractivity contribution in [1.82, 2.24) is 10.3 Å². The van der Waals surface area contributed by atoms with Crippen molar-refractivity contribution >= 4 is 29.1 Å². The average molecular weight is 273 g/mol. The third kappa shape index (κ3) is 4.56. The highest BCUT2D eigenvalue weighted by Gasteiger charge is 2.11. The van der Waals surface area contributed by atoms with Crippen molar-refractivity contribution in [2.24, 2.45) is 5.73 Å². The van der Waals surface area contributed by atoms with Gasteiger partial charge in [-0.1, -0.05) is 11.6 Å². The number of halogens is 1. The summed E-state index contributed by atoms with van der Waals surface area (Å²) in [5.41, 5.74) is 10.9. The number of hydrogen-bond acceptors (Lipinski definition) is 5. The molecule has 1 aromatic heterocycles. The largest absolute Gasteiger partial charge is 0.397 e. The third-order valence-corrected chi connectivity index (χ3v) is 2.18. The van der Waals surface area contributed by atoms with Gasteiger partial charge in [0.15, 0.2) is 0 Å². The van der Waals surface area contributed by atoms with Crippen LogP contribution in [0.4, 0.5) is 5.69 Å². The first-order valence-corrected chi connectivity index (χ1v) is 5.43. The Labute approximate surface area is 108 Å². The predicted molar refractivity (Wildman–Crippen MR) is 66.0 cm³/mol. The van der Waals surface area contributed by atoms with Crippen LogP contribution in [-0.4, -0.2) is 36.6 Å². The molecule has 2 amide bonds. The van der Waals surface area contributed by atoms with Crippen LogP contribution in [0.3, 0.4) is 0 Å². The maximum absolute atomic E-state index is 11.7. The second-order valence-electron chi connectivity index (χ2n) is 3.38. The molecule has 0 bridgehead atoms. The van der Waals surface area contributed by atoms with Crippen LogP contribution in [-0.2, 0) is 9.53 Å². The van der Waals surface area contributed by atoms with Crippen molar-refractivity contribution in [3.8, 4) is 0 Å². The lowest BCUT2D eigenvalue weighted by Crippen LogP contribution is -2.29. The van der Waals surface area contributed by atoms with Gasteiger partial charge in [-0.2, -0.15) is 0 Å². The van der Waals surface area contributed by atoms with Crippen LogP contribution in [0, 0.1) is 0 Å². The zero-order valence-corrected chi connectivity index (χ0v) is 10.2. The first-order valence-electron chi connectivity index (χ1n) is 5.06. The van der Waals surface area contributed by atoms with Crippen LogP contribution >= 0.6 is 11.6 Å². The summed E-state index contributed by atoms with van der Waals surface area (Å²) in [5.74, 6) is -0.980. The Kier molecular flexibility index (Phi) is 5.34. The average Bonchev–Trinajstić information content (AvgIpc) is 2.31. The molecule has 0 aliphatic heterocycles. The second-order valence-corrected chi connectivity index (χ2v) is 3.74. The molecule has 0 atom stereocenters. The Hall–Kier alpha value is -1.86. The molecule has 18 heavy (non-hydrogen) atoms. The summed E-state index contributed by atoms with van der Waals surface area (Å²) in [6.07, 6.45) is 1.36. The van der Waals surface area contributed by atoms with Gasteiger partial charge < -0.3 is 21.5 Å². The Morgan fingerprint density at radius 2 is 2.22 bits per heavy atom. The summed E-state index contributed by atoms with van der Waals surface area (Å²) in [5, 5.41) is 2.61. The molecule has 5 N–H and O–H groups in total. The van der Waals surface area contributed by atoms with Gasteiger partial charge in [0.05, 0.1) is 24.1 Å². The molecule has 0 aromatic carbocycles. The maximum Gasteiger partial charge on any atom is 0.254 e. The fourth-order valence-corrected chi connectivity index (χ4v) is 1.32. The number of carbonyl (C=O) groups is 2. The Morgan fingerprint density at radius 1 is 1.50 bits per heavy atom. The van der Waals surface area contributed by atoms with Crippen LogP contribution < -0.4 is 16.8 Å². The minimum Gasteiger partial charge on any atom is -0.397 e. The molecule has 1 rings (SSSR count). The molecule has 7 nitrogen and oxygen atoms in total. The molecule has 0 fully saturated rings. The minimum absolute atomic E-state index is 0.0692. The van der Waals surface area contributed by atoms with Crippen molar-refractivity contribution in [2.45, 2.75) is 0 Å². The predicted octanol–water partition coefficient (Wildman–Crippen LogP) is -0.451. The van der Waals surface area contributed by atoms with Gasteiger partial charge in [-0.3, -0.25) is 9.59 Å². The van der Waals surface area contributed by atoms with E-state index in [1.165, 1.54) is 12.3 Å². The molecule has 0 unspecified atom stereocenters. The first kappa shape index (κ1) is 14.2. The van der Waals surface area contributed by atoms with Gasteiger partial charge in [0.1, 0.15) is 11.8 Å². The number of nitrogens with one attached hydrogen (secondary N) is 1. The number of nitrogens with two attached hydrogens (primary N) is 2. The Balaban J connectivity index is 2.41. The molecular weight excluding hydrogens is 260 g/mol. The maximum atomic E-state index is 11.7. The van der Waals surface area contributed by atoms with E-state index in [4.69, 9.17) is 27.8 Å². The van der Waals surface area contributed by atoms with Crippen molar-refractivity contribution in [3.63, 3.8) is 0 Å². The Morgan fingerprint density at radius 3 is 2.89 bits per heavy atom. The SMILES string of the molecule is NC(=O)COCCNC(=O)c1cc(N)cnc1Cl. The van der Waals surface area contributed by atoms with Crippen LogP contribution in [0.2, 0.25) is 5.15 Å². The number of amides is 2. The zero-order valence-electron chi connectivity index (χ0n) is 9.48. The summed E-state index contributed by atoms with van der Waals surface area (Å²) in [6.45, 7) is 0.204. The molecule has 1 aromatic rings. The lowest BCUT2D eigenvalue weighted by atomic mass is 10.2. The van der Waals surface area contributed by atoms with E-state index in [-0.39, 0.29) is 30.5 Å². The second kappa shape index (κ2) is 6.77. The monoisotopic (exact) mass is 272 g/mol. The van der Waals surface area contributed by atoms with Gasteiger partial charge in [-0.25, -0.2) is 4.98 Å². The van der Waals surface area contributed by atoms with Crippen LogP contribution in [0.5, 0.6) is 0 Å². The van der Waals surface area contributed by atoms with Gasteiger partial charge in [-0.05, 0) is 6.07 Å². The number of carbonyl (C=O) groups excluding carboxylic acids is 2. The summed E-state index contributed by atoms with van der Waals surface area (Å²) < 4.78 is 4.87. The standard InChI is InChI=1S/C10H13ClN4O3/c11-9-7(3-6(12)4-15-9)10(17)14-1-2-18-5-8(13)16/h3-4H,1-2,5,12H2,(H2,13,16)(H,14,17). The van der Waals surface area contributed by atoms with Gasteiger partial charge in [-0.15, -0.1) is 0 Å². The van der Waals surface area contributed by atoms with Crippen molar-refractivity contribution in [2.75, 3.05) is 25.5 Å². The van der Waals surface area contributed by atoms with E-state index in [9.17, 15) is 9.59 Å². The highest BCUT2D eigenvalue weighted by molar-refractivity contribution is 6.32. The Bertz CT molecular complexity index is 453. The first-order chi connectivity index (χ1) is 8.50. The fourth-order valence-electron chi connectivity index (χ4n) is 1.13. The van der Waals surface area contributed by atoms with Gasteiger partial charge in [0.2, 0.25) is 5.91 Å². The van der Waals surface area contributed by atoms with Crippen LogP contribution in [0.25, 0.3) is 0 Å². The highest BCUT2D eigenvalue weighted by atomic mass is 35.5. The topological polar surface area (TPSA) is 120 Å². The number of primary amides is 1. The minimum atomic E-state index is -0.565. The fraction of sp³-hybridized carbons (Fsp3) is 0.300. The molecular formula is C10H13ClN4O3. The lowest BCUT2D eigenvalue weighted by molar-refractivity contribution is -0.122. The van der Waals surface area contributed by atoms with E-state index < -0.39 is 11.8 Å². The smallest absolute Gasteiger partial charge is 0.254 e. The molecule has 0 aliphatic carbocycles. The summed E-state index contributed by atoms with van der Waals surface area (Å²) >= 11 is 5.75. The van der Waals surface area contributed by atoms with E-state index in [2.05, 4.69) is 10.3 Å². The molecule has 0 radical (unpaired) electrons. The summed E-state index contributed by atoms with van der Waals surface area (Å²) in [7, 11) is 0. The molecule has 0 saturated carbocycles. The van der Waals surface area contributed by atoms with Crippen LogP contribution in [0.15, 0.2) is 12.3 Å². The zero-order chi connectivity index (χ0) is 13.5. The van der Waals surface area contributed by atoms with Crippen molar-refractivity contribution < 1.29 is 14.3 Å². The number of pyridine rings is 1. The molecule has 0 saturated heterocycles. The molecule has 98 valence electrons. The van der Waals surface area contributed by atoms with Crippen molar-refractivity contribution in [1.29, 1.82) is 0 Å². The molecule has 0 spiro atoms. The lowest BCUT2D eigenvalue weighted by Gasteiger charge is -2.07. The number of anilines is 1. The van der Waals surface area contributed by atoms with Gasteiger partial charge >= 0.3 is 0 Å². The summed E-state index contributed by atoms with van der Waals surface area (Å²) in [4.78, 5) is 25.8. The number of hydrogen-bond donors (Lipinski definition) is 3.